The minimum atomic E-state index is -0.939. The van der Waals surface area contributed by atoms with Gasteiger partial charge in [0.1, 0.15) is 17.2 Å². The summed E-state index contributed by atoms with van der Waals surface area (Å²) in [6, 6.07) is 8.68. The molecule has 8 heteroatoms. The molecule has 2 aromatic carbocycles. The van der Waals surface area contributed by atoms with E-state index < -0.39 is 23.1 Å². The molecular formula is C17H13ClF2N2OS2. The lowest BCUT2D eigenvalue weighted by Gasteiger charge is -2.04. The average Bonchev–Trinajstić information content (AvgIpc) is 2.88. The lowest BCUT2D eigenvalue weighted by Crippen LogP contribution is -2.19. The van der Waals surface area contributed by atoms with Crippen molar-refractivity contribution in [2.45, 2.75) is 6.54 Å². The predicted octanol–water partition coefficient (Wildman–Crippen LogP) is 4.74. The van der Waals surface area contributed by atoms with Gasteiger partial charge in [-0.1, -0.05) is 29.0 Å². The Morgan fingerprint density at radius 1 is 1.28 bits per heavy atom. The van der Waals surface area contributed by atoms with E-state index in [4.69, 9.17) is 11.6 Å². The van der Waals surface area contributed by atoms with E-state index in [-0.39, 0.29) is 0 Å². The zero-order valence-electron chi connectivity index (χ0n) is 13.1. The monoisotopic (exact) mass is 398 g/mol. The fraction of sp³-hybridized carbons (Fsp3) is 0.176. The third-order valence-corrected chi connectivity index (χ3v) is 5.40. The molecule has 25 heavy (non-hydrogen) atoms. The number of thioether (sulfide) groups is 1. The first-order chi connectivity index (χ1) is 12.0. The first kappa shape index (κ1) is 18.1. The summed E-state index contributed by atoms with van der Waals surface area (Å²) in [5.41, 5.74) is 0.235. The van der Waals surface area contributed by atoms with Crippen molar-refractivity contribution in [3.63, 3.8) is 0 Å². The molecule has 0 saturated heterocycles. The highest BCUT2D eigenvalue weighted by atomic mass is 35.5. The van der Waals surface area contributed by atoms with Crippen molar-refractivity contribution in [2.75, 3.05) is 12.0 Å². The molecule has 3 nitrogen and oxygen atoms in total. The maximum atomic E-state index is 13.8. The van der Waals surface area contributed by atoms with Crippen LogP contribution < -0.4 is 4.80 Å². The summed E-state index contributed by atoms with van der Waals surface area (Å²) in [4.78, 5) is 16.7. The van der Waals surface area contributed by atoms with Crippen LogP contribution >= 0.6 is 34.7 Å². The lowest BCUT2D eigenvalue weighted by atomic mass is 10.2. The summed E-state index contributed by atoms with van der Waals surface area (Å²) in [6.45, 7) is 0.620. The zero-order chi connectivity index (χ0) is 18.0. The number of hydrogen-bond donors (Lipinski definition) is 0. The number of thiazole rings is 1. The van der Waals surface area contributed by atoms with Crippen LogP contribution in [0.3, 0.4) is 0 Å². The number of aromatic nitrogens is 1. The molecule has 0 atom stereocenters. The molecule has 0 saturated carbocycles. The molecule has 130 valence electrons. The highest BCUT2D eigenvalue weighted by Gasteiger charge is 2.17. The second-order valence-electron chi connectivity index (χ2n) is 5.15. The van der Waals surface area contributed by atoms with Crippen LogP contribution in [0.2, 0.25) is 5.02 Å². The SMILES string of the molecule is CSCCn1c(=NC(=O)c2c(F)cccc2F)sc2cc(Cl)ccc21. The van der Waals surface area contributed by atoms with E-state index in [0.29, 0.717) is 16.4 Å². The second kappa shape index (κ2) is 7.68. The van der Waals surface area contributed by atoms with Crippen molar-refractivity contribution in [1.29, 1.82) is 0 Å². The van der Waals surface area contributed by atoms with Gasteiger partial charge in [0, 0.05) is 17.3 Å². The standard InChI is InChI=1S/C17H13ClF2N2OS2/c1-24-8-7-22-13-6-5-10(18)9-14(13)25-17(22)21-16(23)15-11(19)3-2-4-12(15)20/h2-6,9H,7-8H2,1H3. The van der Waals surface area contributed by atoms with Crippen molar-refractivity contribution >= 4 is 50.8 Å². The Morgan fingerprint density at radius 3 is 2.68 bits per heavy atom. The topological polar surface area (TPSA) is 34.4 Å². The maximum absolute atomic E-state index is 13.8. The first-order valence-electron chi connectivity index (χ1n) is 7.32. The van der Waals surface area contributed by atoms with Crippen molar-refractivity contribution in [2.24, 2.45) is 4.99 Å². The van der Waals surface area contributed by atoms with E-state index in [2.05, 4.69) is 4.99 Å². The number of carbonyl (C=O) groups is 1. The Balaban J connectivity index is 2.16. The molecule has 1 amide bonds. The van der Waals surface area contributed by atoms with E-state index >= 15 is 0 Å². The summed E-state index contributed by atoms with van der Waals surface area (Å²) < 4.78 is 30.4. The normalized spacial score (nSPS) is 12.1. The second-order valence-corrected chi connectivity index (χ2v) is 7.59. The minimum Gasteiger partial charge on any atom is -0.316 e. The molecular weight excluding hydrogens is 386 g/mol. The summed E-state index contributed by atoms with van der Waals surface area (Å²) >= 11 is 8.94. The van der Waals surface area contributed by atoms with E-state index in [1.165, 1.54) is 17.4 Å². The molecule has 1 aromatic heterocycles. The number of hydrogen-bond acceptors (Lipinski definition) is 3. The Labute approximate surface area is 156 Å². The van der Waals surface area contributed by atoms with E-state index in [9.17, 15) is 13.6 Å². The molecule has 0 unspecified atom stereocenters. The van der Waals surface area contributed by atoms with Crippen LogP contribution in [-0.2, 0) is 6.54 Å². The number of carbonyl (C=O) groups excluding carboxylic acids is 1. The van der Waals surface area contributed by atoms with E-state index in [1.807, 2.05) is 16.9 Å². The van der Waals surface area contributed by atoms with Gasteiger partial charge in [0.2, 0.25) is 0 Å². The third kappa shape index (κ3) is 3.78. The van der Waals surface area contributed by atoms with Gasteiger partial charge in [-0.2, -0.15) is 16.8 Å². The molecule has 0 aliphatic rings. The molecule has 0 spiro atoms. The molecule has 0 fully saturated rings. The molecule has 0 bridgehead atoms. The first-order valence-corrected chi connectivity index (χ1v) is 9.91. The molecule has 3 rings (SSSR count). The summed E-state index contributed by atoms with van der Waals surface area (Å²) in [7, 11) is 0. The van der Waals surface area contributed by atoms with Crippen molar-refractivity contribution in [1.82, 2.24) is 4.57 Å². The minimum absolute atomic E-state index is 0.388. The van der Waals surface area contributed by atoms with Crippen LogP contribution in [0.4, 0.5) is 8.78 Å². The number of fused-ring (bicyclic) bond motifs is 1. The quantitative estimate of drug-likeness (QED) is 0.636. The van der Waals surface area contributed by atoms with Crippen molar-refractivity contribution < 1.29 is 13.6 Å². The van der Waals surface area contributed by atoms with Gasteiger partial charge in [0.05, 0.1) is 10.2 Å². The van der Waals surface area contributed by atoms with Crippen LogP contribution in [0.25, 0.3) is 10.2 Å². The van der Waals surface area contributed by atoms with Crippen LogP contribution in [0.5, 0.6) is 0 Å². The van der Waals surface area contributed by atoms with Gasteiger partial charge in [-0.15, -0.1) is 0 Å². The van der Waals surface area contributed by atoms with Gasteiger partial charge in [-0.25, -0.2) is 8.78 Å². The Bertz CT molecular complexity index is 993. The third-order valence-electron chi connectivity index (χ3n) is 3.54. The number of nitrogens with zero attached hydrogens (tertiary/aromatic N) is 2. The molecule has 0 aliphatic heterocycles. The molecule has 0 N–H and O–H groups in total. The van der Waals surface area contributed by atoms with Crippen molar-refractivity contribution in [3.8, 4) is 0 Å². The fourth-order valence-electron chi connectivity index (χ4n) is 2.38. The highest BCUT2D eigenvalue weighted by molar-refractivity contribution is 7.98. The Kier molecular flexibility index (Phi) is 5.56. The van der Waals surface area contributed by atoms with E-state index in [1.54, 1.807) is 23.9 Å². The largest absolute Gasteiger partial charge is 0.316 e. The molecule has 3 aromatic rings. The summed E-state index contributed by atoms with van der Waals surface area (Å²) in [5, 5.41) is 0.573. The predicted molar refractivity (Wildman–Crippen MR) is 99.5 cm³/mol. The number of halogens is 3. The zero-order valence-corrected chi connectivity index (χ0v) is 15.5. The number of rotatable bonds is 4. The van der Waals surface area contributed by atoms with Crippen molar-refractivity contribution in [3.05, 3.63) is 63.4 Å². The Morgan fingerprint density at radius 2 is 2.00 bits per heavy atom. The number of amides is 1. The van der Waals surface area contributed by atoms with Gasteiger partial charge in [0.25, 0.3) is 5.91 Å². The van der Waals surface area contributed by atoms with Gasteiger partial charge < -0.3 is 4.57 Å². The van der Waals surface area contributed by atoms with Crippen LogP contribution in [-0.4, -0.2) is 22.5 Å². The Hall–Kier alpha value is -1.70. The van der Waals surface area contributed by atoms with Crippen LogP contribution in [0.15, 0.2) is 41.4 Å². The van der Waals surface area contributed by atoms with Gasteiger partial charge in [-0.3, -0.25) is 4.79 Å². The average molecular weight is 399 g/mol. The number of aryl methyl sites for hydroxylation is 1. The molecule has 0 aliphatic carbocycles. The number of benzene rings is 2. The molecule has 1 heterocycles. The van der Waals surface area contributed by atoms with E-state index in [0.717, 1.165) is 28.1 Å². The smallest absolute Gasteiger partial charge is 0.285 e. The summed E-state index contributed by atoms with van der Waals surface area (Å²) in [5.74, 6) is -1.97. The lowest BCUT2D eigenvalue weighted by molar-refractivity contribution is 0.0990. The van der Waals surface area contributed by atoms with Crippen LogP contribution in [0, 0.1) is 11.6 Å². The van der Waals surface area contributed by atoms with Gasteiger partial charge in [0.15, 0.2) is 4.80 Å². The fourth-order valence-corrected chi connectivity index (χ4v) is 4.07. The summed E-state index contributed by atoms with van der Waals surface area (Å²) in [6.07, 6.45) is 1.97. The van der Waals surface area contributed by atoms with Gasteiger partial charge in [-0.05, 0) is 36.6 Å². The van der Waals surface area contributed by atoms with Crippen LogP contribution in [0.1, 0.15) is 10.4 Å². The highest BCUT2D eigenvalue weighted by Crippen LogP contribution is 2.22. The molecule has 0 radical (unpaired) electrons. The van der Waals surface area contributed by atoms with Gasteiger partial charge >= 0.3 is 0 Å². The maximum Gasteiger partial charge on any atom is 0.285 e.